The van der Waals surface area contributed by atoms with Crippen LogP contribution in [0, 0.1) is 0 Å². The van der Waals surface area contributed by atoms with Gasteiger partial charge in [-0.2, -0.15) is 0 Å². The van der Waals surface area contributed by atoms with Crippen molar-refractivity contribution >= 4 is 0 Å². The average molecular weight is 141 g/mol. The Morgan fingerprint density at radius 2 is 2.10 bits per heavy atom. The Morgan fingerprint density at radius 3 is 2.50 bits per heavy atom. The second-order valence-corrected chi connectivity index (χ2v) is 2.56. The van der Waals surface area contributed by atoms with Crippen LogP contribution in [0.1, 0.15) is 39.5 Å². The van der Waals surface area contributed by atoms with Crippen LogP contribution in [-0.4, -0.2) is 6.54 Å². The minimum atomic E-state index is 0.701. The Balaban J connectivity index is 3.49. The minimum absolute atomic E-state index is 0.701. The van der Waals surface area contributed by atoms with E-state index >= 15 is 0 Å². The van der Waals surface area contributed by atoms with Crippen molar-refractivity contribution in [3.8, 4) is 0 Å². The zero-order valence-electron chi connectivity index (χ0n) is 7.19. The van der Waals surface area contributed by atoms with Gasteiger partial charge in [-0.3, -0.25) is 0 Å². The van der Waals surface area contributed by atoms with Crippen molar-refractivity contribution in [1.29, 1.82) is 0 Å². The third kappa shape index (κ3) is 4.57. The van der Waals surface area contributed by atoms with E-state index in [-0.39, 0.29) is 0 Å². The van der Waals surface area contributed by atoms with Crippen LogP contribution in [0.3, 0.4) is 0 Å². The standard InChI is InChI=1S/C9H19N/c1-3-5-6-9(4-2)7-8-10/h7H,3-6,8,10H2,1-2H3/b9-7+. The molecule has 0 aromatic heterocycles. The lowest BCUT2D eigenvalue weighted by Crippen LogP contribution is -1.95. The molecule has 0 heterocycles. The van der Waals surface area contributed by atoms with E-state index < -0.39 is 0 Å². The van der Waals surface area contributed by atoms with Gasteiger partial charge in [-0.1, -0.05) is 31.9 Å². The maximum Gasteiger partial charge on any atom is 0.0109 e. The van der Waals surface area contributed by atoms with Crippen molar-refractivity contribution in [2.45, 2.75) is 39.5 Å². The highest BCUT2D eigenvalue weighted by Crippen LogP contribution is 2.09. The number of allylic oxidation sites excluding steroid dienone is 1. The second kappa shape index (κ2) is 6.81. The minimum Gasteiger partial charge on any atom is -0.327 e. The van der Waals surface area contributed by atoms with Crippen molar-refractivity contribution in [2.75, 3.05) is 6.54 Å². The smallest absolute Gasteiger partial charge is 0.0109 e. The molecule has 0 bridgehead atoms. The fourth-order valence-corrected chi connectivity index (χ4v) is 0.994. The third-order valence-corrected chi connectivity index (χ3v) is 1.71. The second-order valence-electron chi connectivity index (χ2n) is 2.56. The first-order valence-electron chi connectivity index (χ1n) is 4.23. The van der Waals surface area contributed by atoms with E-state index in [0.29, 0.717) is 6.54 Å². The predicted octanol–water partition coefficient (Wildman–Crippen LogP) is 2.47. The van der Waals surface area contributed by atoms with Gasteiger partial charge in [0.25, 0.3) is 0 Å². The highest BCUT2D eigenvalue weighted by atomic mass is 14.5. The maximum atomic E-state index is 5.40. The molecular formula is C9H19N. The monoisotopic (exact) mass is 141 g/mol. The summed E-state index contributed by atoms with van der Waals surface area (Å²) in [6, 6.07) is 0. The van der Waals surface area contributed by atoms with Gasteiger partial charge in [-0.25, -0.2) is 0 Å². The summed E-state index contributed by atoms with van der Waals surface area (Å²) in [5, 5.41) is 0. The van der Waals surface area contributed by atoms with Gasteiger partial charge in [0.15, 0.2) is 0 Å². The molecule has 0 saturated carbocycles. The van der Waals surface area contributed by atoms with Crippen LogP contribution < -0.4 is 5.73 Å². The van der Waals surface area contributed by atoms with E-state index in [2.05, 4.69) is 19.9 Å². The Labute approximate surface area is 64.3 Å². The number of unbranched alkanes of at least 4 members (excludes halogenated alkanes) is 1. The molecule has 2 N–H and O–H groups in total. The molecule has 0 radical (unpaired) electrons. The van der Waals surface area contributed by atoms with E-state index in [0.717, 1.165) is 6.42 Å². The molecule has 0 atom stereocenters. The van der Waals surface area contributed by atoms with Crippen LogP contribution in [0.25, 0.3) is 0 Å². The van der Waals surface area contributed by atoms with Gasteiger partial charge in [0.2, 0.25) is 0 Å². The van der Waals surface area contributed by atoms with Crippen molar-refractivity contribution in [3.63, 3.8) is 0 Å². The van der Waals surface area contributed by atoms with Gasteiger partial charge >= 0.3 is 0 Å². The average Bonchev–Trinajstić information content (AvgIpc) is 1.98. The molecule has 1 nitrogen and oxygen atoms in total. The fraction of sp³-hybridized carbons (Fsp3) is 0.778. The van der Waals surface area contributed by atoms with Gasteiger partial charge in [-0.15, -0.1) is 0 Å². The summed E-state index contributed by atoms with van der Waals surface area (Å²) in [5.41, 5.74) is 6.92. The first-order chi connectivity index (χ1) is 4.85. The van der Waals surface area contributed by atoms with E-state index in [1.807, 2.05) is 0 Å². The van der Waals surface area contributed by atoms with Gasteiger partial charge < -0.3 is 5.73 Å². The van der Waals surface area contributed by atoms with E-state index in [4.69, 9.17) is 5.73 Å². The molecule has 0 fully saturated rings. The Kier molecular flexibility index (Phi) is 6.61. The van der Waals surface area contributed by atoms with E-state index in [1.165, 1.54) is 24.8 Å². The van der Waals surface area contributed by atoms with E-state index in [1.54, 1.807) is 0 Å². The SMILES string of the molecule is CCCC/C(=C/CN)CC. The number of nitrogens with two attached hydrogens (primary N) is 1. The lowest BCUT2D eigenvalue weighted by atomic mass is 10.1. The summed E-state index contributed by atoms with van der Waals surface area (Å²) in [4.78, 5) is 0. The molecule has 0 rings (SSSR count). The number of hydrogen-bond acceptors (Lipinski definition) is 1. The van der Waals surface area contributed by atoms with Crippen LogP contribution in [0.2, 0.25) is 0 Å². The van der Waals surface area contributed by atoms with E-state index in [9.17, 15) is 0 Å². The van der Waals surface area contributed by atoms with Crippen molar-refractivity contribution < 1.29 is 0 Å². The molecule has 0 aliphatic carbocycles. The van der Waals surface area contributed by atoms with Crippen LogP contribution in [0.15, 0.2) is 11.6 Å². The molecule has 0 aromatic carbocycles. The first kappa shape index (κ1) is 9.70. The predicted molar refractivity (Wildman–Crippen MR) is 47.0 cm³/mol. The summed E-state index contributed by atoms with van der Waals surface area (Å²) in [7, 11) is 0. The molecule has 0 spiro atoms. The molecule has 0 aliphatic heterocycles. The summed E-state index contributed by atoms with van der Waals surface area (Å²) in [6.07, 6.45) is 7.14. The normalized spacial score (nSPS) is 12.1. The molecular weight excluding hydrogens is 122 g/mol. The highest BCUT2D eigenvalue weighted by molar-refractivity contribution is 5.01. The molecule has 0 aliphatic rings. The lowest BCUT2D eigenvalue weighted by Gasteiger charge is -2.01. The fourth-order valence-electron chi connectivity index (χ4n) is 0.994. The van der Waals surface area contributed by atoms with Crippen LogP contribution >= 0.6 is 0 Å². The summed E-state index contributed by atoms with van der Waals surface area (Å²) in [5.74, 6) is 0. The molecule has 0 unspecified atom stereocenters. The van der Waals surface area contributed by atoms with Gasteiger partial charge in [-0.05, 0) is 19.3 Å². The van der Waals surface area contributed by atoms with Gasteiger partial charge in [0, 0.05) is 6.54 Å². The quantitative estimate of drug-likeness (QED) is 0.585. The third-order valence-electron chi connectivity index (χ3n) is 1.71. The topological polar surface area (TPSA) is 26.0 Å². The van der Waals surface area contributed by atoms with Crippen LogP contribution in [0.5, 0.6) is 0 Å². The zero-order valence-corrected chi connectivity index (χ0v) is 7.19. The number of hydrogen-bond donors (Lipinski definition) is 1. The molecule has 0 saturated heterocycles. The van der Waals surface area contributed by atoms with Crippen LogP contribution in [0.4, 0.5) is 0 Å². The van der Waals surface area contributed by atoms with Crippen molar-refractivity contribution in [3.05, 3.63) is 11.6 Å². The molecule has 0 amide bonds. The summed E-state index contributed by atoms with van der Waals surface area (Å²) in [6.45, 7) is 5.11. The molecule has 1 heteroatoms. The Morgan fingerprint density at radius 1 is 1.40 bits per heavy atom. The summed E-state index contributed by atoms with van der Waals surface area (Å²) >= 11 is 0. The Hall–Kier alpha value is -0.300. The molecule has 0 aromatic rings. The van der Waals surface area contributed by atoms with Gasteiger partial charge in [0.1, 0.15) is 0 Å². The molecule has 10 heavy (non-hydrogen) atoms. The van der Waals surface area contributed by atoms with Crippen LogP contribution in [-0.2, 0) is 0 Å². The maximum absolute atomic E-state index is 5.40. The largest absolute Gasteiger partial charge is 0.327 e. The van der Waals surface area contributed by atoms with Crippen molar-refractivity contribution in [2.24, 2.45) is 5.73 Å². The Bertz CT molecular complexity index is 94.9. The molecule has 60 valence electrons. The highest BCUT2D eigenvalue weighted by Gasteiger charge is 1.90. The zero-order chi connectivity index (χ0) is 7.82. The van der Waals surface area contributed by atoms with Crippen molar-refractivity contribution in [1.82, 2.24) is 0 Å². The lowest BCUT2D eigenvalue weighted by molar-refractivity contribution is 0.763. The van der Waals surface area contributed by atoms with Gasteiger partial charge in [0.05, 0.1) is 0 Å². The summed E-state index contributed by atoms with van der Waals surface area (Å²) < 4.78 is 0. The first-order valence-corrected chi connectivity index (χ1v) is 4.23. The number of rotatable bonds is 5.